The van der Waals surface area contributed by atoms with Gasteiger partial charge in [-0.1, -0.05) is 0 Å². The summed E-state index contributed by atoms with van der Waals surface area (Å²) in [5.41, 5.74) is 1.54. The Labute approximate surface area is 127 Å². The van der Waals surface area contributed by atoms with Crippen LogP contribution in [0, 0.1) is 6.92 Å². The van der Waals surface area contributed by atoms with Crippen molar-refractivity contribution >= 4 is 5.91 Å². The number of aromatic nitrogens is 1. The van der Waals surface area contributed by atoms with Crippen molar-refractivity contribution in [3.63, 3.8) is 0 Å². The summed E-state index contributed by atoms with van der Waals surface area (Å²) >= 11 is 0. The van der Waals surface area contributed by atoms with Crippen LogP contribution in [0.2, 0.25) is 0 Å². The van der Waals surface area contributed by atoms with Gasteiger partial charge >= 0.3 is 0 Å². The monoisotopic (exact) mass is 292 g/mol. The van der Waals surface area contributed by atoms with Gasteiger partial charge < -0.3 is 14.8 Å². The highest BCUT2D eigenvalue weighted by Crippen LogP contribution is 2.13. The molecule has 0 unspecified atom stereocenters. The van der Waals surface area contributed by atoms with Gasteiger partial charge in [0.15, 0.2) is 0 Å². The molecule has 1 aromatic heterocycles. The molecule has 0 saturated carbocycles. The summed E-state index contributed by atoms with van der Waals surface area (Å²) in [7, 11) is 4.12. The van der Waals surface area contributed by atoms with E-state index in [2.05, 4.69) is 36.0 Å². The summed E-state index contributed by atoms with van der Waals surface area (Å²) in [4.78, 5) is 17.2. The molecular weight excluding hydrogens is 264 g/mol. The van der Waals surface area contributed by atoms with E-state index in [-0.39, 0.29) is 11.4 Å². The van der Waals surface area contributed by atoms with E-state index in [1.54, 1.807) is 0 Å². The summed E-state index contributed by atoms with van der Waals surface area (Å²) in [5, 5.41) is 3.18. The predicted molar refractivity (Wildman–Crippen MR) is 85.6 cm³/mol. The lowest BCUT2D eigenvalue weighted by atomic mass is 10.0. The Morgan fingerprint density at radius 3 is 2.38 bits per heavy atom. The van der Waals surface area contributed by atoms with Gasteiger partial charge in [0.25, 0.3) is 5.91 Å². The average molecular weight is 292 g/mol. The van der Waals surface area contributed by atoms with Gasteiger partial charge in [0.2, 0.25) is 0 Å². The summed E-state index contributed by atoms with van der Waals surface area (Å²) in [6.45, 7) is 11.4. The van der Waals surface area contributed by atoms with Gasteiger partial charge in [-0.2, -0.15) is 0 Å². The van der Waals surface area contributed by atoms with Crippen molar-refractivity contribution in [1.82, 2.24) is 19.7 Å². The maximum absolute atomic E-state index is 12.4. The quantitative estimate of drug-likeness (QED) is 0.903. The van der Waals surface area contributed by atoms with Gasteiger partial charge in [0.05, 0.1) is 5.56 Å². The highest BCUT2D eigenvalue weighted by Gasteiger charge is 2.26. The van der Waals surface area contributed by atoms with Crippen LogP contribution >= 0.6 is 0 Å². The van der Waals surface area contributed by atoms with Crippen molar-refractivity contribution < 1.29 is 4.79 Å². The SMILES string of the molecule is Cc1c(C(=O)NC(C)(C)CN2CCN(C)CC2)ccn1C. The van der Waals surface area contributed by atoms with Crippen LogP contribution in [0.5, 0.6) is 0 Å². The lowest BCUT2D eigenvalue weighted by molar-refractivity contribution is 0.0849. The minimum Gasteiger partial charge on any atom is -0.354 e. The molecule has 5 heteroatoms. The molecule has 2 heterocycles. The summed E-state index contributed by atoms with van der Waals surface area (Å²) < 4.78 is 1.97. The molecule has 1 aliphatic rings. The van der Waals surface area contributed by atoms with Crippen molar-refractivity contribution in [2.75, 3.05) is 39.8 Å². The Balaban J connectivity index is 1.94. The second-order valence-electron chi connectivity index (χ2n) is 6.84. The van der Waals surface area contributed by atoms with Crippen molar-refractivity contribution in [2.45, 2.75) is 26.3 Å². The molecule has 21 heavy (non-hydrogen) atoms. The molecule has 0 aliphatic carbocycles. The van der Waals surface area contributed by atoms with Crippen molar-refractivity contribution in [3.05, 3.63) is 23.5 Å². The van der Waals surface area contributed by atoms with Crippen molar-refractivity contribution in [3.8, 4) is 0 Å². The van der Waals surface area contributed by atoms with Crippen LogP contribution in [0.1, 0.15) is 29.9 Å². The van der Waals surface area contributed by atoms with Crippen LogP contribution in [-0.2, 0) is 7.05 Å². The van der Waals surface area contributed by atoms with E-state index in [1.165, 1.54) is 0 Å². The topological polar surface area (TPSA) is 40.5 Å². The first kappa shape index (κ1) is 16.0. The lowest BCUT2D eigenvalue weighted by Crippen LogP contribution is -2.55. The first-order valence-corrected chi connectivity index (χ1v) is 7.64. The molecule has 1 saturated heterocycles. The van der Waals surface area contributed by atoms with Crippen molar-refractivity contribution in [2.24, 2.45) is 7.05 Å². The number of hydrogen-bond donors (Lipinski definition) is 1. The van der Waals surface area contributed by atoms with Crippen LogP contribution in [-0.4, -0.2) is 65.6 Å². The number of piperazine rings is 1. The van der Waals surface area contributed by atoms with Crippen LogP contribution in [0.4, 0.5) is 0 Å². The van der Waals surface area contributed by atoms with Crippen LogP contribution in [0.3, 0.4) is 0 Å². The molecule has 1 N–H and O–H groups in total. The van der Waals surface area contributed by atoms with Gasteiger partial charge in [0.1, 0.15) is 0 Å². The molecule has 0 atom stereocenters. The van der Waals surface area contributed by atoms with Gasteiger partial charge in [-0.15, -0.1) is 0 Å². The third kappa shape index (κ3) is 4.08. The summed E-state index contributed by atoms with van der Waals surface area (Å²) in [6.07, 6.45) is 1.93. The molecule has 5 nitrogen and oxygen atoms in total. The van der Waals surface area contributed by atoms with E-state index in [1.807, 2.05) is 30.8 Å². The number of carbonyl (C=O) groups is 1. The van der Waals surface area contributed by atoms with Gasteiger partial charge in [0, 0.05) is 57.2 Å². The maximum Gasteiger partial charge on any atom is 0.253 e. The molecule has 0 radical (unpaired) electrons. The number of likely N-dealkylation sites (N-methyl/N-ethyl adjacent to an activating group) is 1. The number of aryl methyl sites for hydroxylation is 1. The van der Waals surface area contributed by atoms with Crippen molar-refractivity contribution in [1.29, 1.82) is 0 Å². The zero-order valence-corrected chi connectivity index (χ0v) is 13.9. The van der Waals surface area contributed by atoms with Gasteiger partial charge in [-0.05, 0) is 33.9 Å². The van der Waals surface area contributed by atoms with Gasteiger partial charge in [-0.25, -0.2) is 0 Å². The maximum atomic E-state index is 12.4. The highest BCUT2D eigenvalue weighted by molar-refractivity contribution is 5.95. The Hall–Kier alpha value is -1.33. The first-order valence-electron chi connectivity index (χ1n) is 7.64. The number of nitrogens with zero attached hydrogens (tertiary/aromatic N) is 3. The standard InChI is InChI=1S/C16H28N4O/c1-13-14(6-7-19(13)5)15(21)17-16(2,3)12-20-10-8-18(4)9-11-20/h6-7H,8-12H2,1-5H3,(H,17,21). The molecule has 118 valence electrons. The smallest absolute Gasteiger partial charge is 0.253 e. The molecule has 1 aliphatic heterocycles. The fourth-order valence-electron chi connectivity index (χ4n) is 2.83. The molecule has 1 amide bonds. The molecule has 0 bridgehead atoms. The first-order chi connectivity index (χ1) is 9.78. The third-order valence-electron chi connectivity index (χ3n) is 4.29. The Morgan fingerprint density at radius 1 is 1.24 bits per heavy atom. The summed E-state index contributed by atoms with van der Waals surface area (Å²) in [5.74, 6) is 0.0206. The number of hydrogen-bond acceptors (Lipinski definition) is 3. The second-order valence-corrected chi connectivity index (χ2v) is 6.84. The molecule has 0 spiro atoms. The van der Waals surface area contributed by atoms with E-state index in [4.69, 9.17) is 0 Å². The van der Waals surface area contributed by atoms with E-state index in [0.29, 0.717) is 0 Å². The number of amides is 1. The fraction of sp³-hybridized carbons (Fsp3) is 0.688. The normalized spacial score (nSPS) is 18.0. The summed E-state index contributed by atoms with van der Waals surface area (Å²) in [6, 6.07) is 1.89. The van der Waals surface area contributed by atoms with Gasteiger partial charge in [-0.3, -0.25) is 9.69 Å². The lowest BCUT2D eigenvalue weighted by Gasteiger charge is -2.38. The molecular formula is C16H28N4O. The van der Waals surface area contributed by atoms with E-state index < -0.39 is 0 Å². The number of nitrogens with one attached hydrogen (secondary N) is 1. The zero-order valence-electron chi connectivity index (χ0n) is 13.9. The molecule has 0 aromatic carbocycles. The second kappa shape index (κ2) is 6.20. The molecule has 2 rings (SSSR count). The molecule has 1 aromatic rings. The Morgan fingerprint density at radius 2 is 1.86 bits per heavy atom. The number of carbonyl (C=O) groups excluding carboxylic acids is 1. The largest absolute Gasteiger partial charge is 0.354 e. The minimum absolute atomic E-state index is 0.0206. The number of rotatable bonds is 4. The fourth-order valence-corrected chi connectivity index (χ4v) is 2.83. The minimum atomic E-state index is -0.227. The zero-order chi connectivity index (χ0) is 15.6. The van der Waals surface area contributed by atoms with E-state index >= 15 is 0 Å². The van der Waals surface area contributed by atoms with E-state index in [9.17, 15) is 4.79 Å². The molecule has 1 fully saturated rings. The average Bonchev–Trinajstić information content (AvgIpc) is 2.72. The van der Waals surface area contributed by atoms with Crippen LogP contribution < -0.4 is 5.32 Å². The highest BCUT2D eigenvalue weighted by atomic mass is 16.1. The Bertz CT molecular complexity index is 498. The predicted octanol–water partition coefficient (Wildman–Crippen LogP) is 1.09. The van der Waals surface area contributed by atoms with E-state index in [0.717, 1.165) is 44.0 Å². The van der Waals surface area contributed by atoms with Crippen LogP contribution in [0.25, 0.3) is 0 Å². The third-order valence-corrected chi connectivity index (χ3v) is 4.29. The Kier molecular flexibility index (Phi) is 4.74. The van der Waals surface area contributed by atoms with Crippen LogP contribution in [0.15, 0.2) is 12.3 Å².